The highest BCUT2D eigenvalue weighted by molar-refractivity contribution is 4.94. The minimum Gasteiger partial charge on any atom is -0.362 e. The monoisotopic (exact) mass is 168 g/mol. The molecular formula is C11H20O. The van der Waals surface area contributed by atoms with Crippen molar-refractivity contribution in [2.45, 2.75) is 53.2 Å². The van der Waals surface area contributed by atoms with Crippen LogP contribution in [0.25, 0.3) is 0 Å². The Bertz CT molecular complexity index is 159. The average molecular weight is 168 g/mol. The summed E-state index contributed by atoms with van der Waals surface area (Å²) in [6.45, 7) is 10.6. The van der Waals surface area contributed by atoms with Gasteiger partial charge in [0.2, 0.25) is 0 Å². The van der Waals surface area contributed by atoms with Crippen LogP contribution in [0, 0.1) is 17.8 Å². The molecule has 70 valence electrons. The van der Waals surface area contributed by atoms with Gasteiger partial charge in [-0.1, -0.05) is 33.6 Å². The summed E-state index contributed by atoms with van der Waals surface area (Å²) < 4.78 is 5.68. The van der Waals surface area contributed by atoms with Crippen LogP contribution in [0.2, 0.25) is 0 Å². The van der Waals surface area contributed by atoms with Crippen LogP contribution in [-0.4, -0.2) is 12.2 Å². The van der Waals surface area contributed by atoms with Crippen molar-refractivity contribution in [3.05, 3.63) is 0 Å². The Morgan fingerprint density at radius 3 is 2.17 bits per heavy atom. The molecule has 0 radical (unpaired) electrons. The molecule has 0 aromatic heterocycles. The van der Waals surface area contributed by atoms with E-state index in [1.807, 2.05) is 6.92 Å². The van der Waals surface area contributed by atoms with Crippen molar-refractivity contribution >= 4 is 0 Å². The molecule has 0 rings (SSSR count). The van der Waals surface area contributed by atoms with Gasteiger partial charge in [-0.25, -0.2) is 0 Å². The summed E-state index contributed by atoms with van der Waals surface area (Å²) in [5.41, 5.74) is 0.171. The number of ether oxygens (including phenoxy) is 1. The zero-order valence-electron chi connectivity index (χ0n) is 8.85. The summed E-state index contributed by atoms with van der Waals surface area (Å²) in [5.74, 6) is 2.63. The standard InChI is InChI=1S/C11H20O/c1-7-10(8-2)12-9(3)11(4,5)6/h1,9-10H,8H2,2-6H3. The minimum absolute atomic E-state index is 0.0285. The van der Waals surface area contributed by atoms with Crippen molar-refractivity contribution in [3.63, 3.8) is 0 Å². The number of hydrogen-bond donors (Lipinski definition) is 0. The van der Waals surface area contributed by atoms with Gasteiger partial charge < -0.3 is 4.74 Å². The van der Waals surface area contributed by atoms with Gasteiger partial charge in [-0.2, -0.15) is 0 Å². The zero-order chi connectivity index (χ0) is 9.78. The zero-order valence-corrected chi connectivity index (χ0v) is 8.85. The molecule has 0 aliphatic heterocycles. The third-order valence-electron chi connectivity index (χ3n) is 2.14. The molecule has 0 aromatic rings. The maximum absolute atomic E-state index is 5.68. The Morgan fingerprint density at radius 2 is 1.92 bits per heavy atom. The maximum atomic E-state index is 5.68. The van der Waals surface area contributed by atoms with Crippen LogP contribution in [0.3, 0.4) is 0 Å². The molecule has 0 spiro atoms. The summed E-state index contributed by atoms with van der Waals surface area (Å²) in [7, 11) is 0. The van der Waals surface area contributed by atoms with Crippen LogP contribution in [0.1, 0.15) is 41.0 Å². The van der Waals surface area contributed by atoms with Gasteiger partial charge in [0.1, 0.15) is 6.10 Å². The van der Waals surface area contributed by atoms with E-state index in [0.717, 1.165) is 6.42 Å². The molecule has 0 fully saturated rings. The Kier molecular flexibility index (Phi) is 4.34. The Labute approximate surface area is 76.5 Å². The lowest BCUT2D eigenvalue weighted by molar-refractivity contribution is -0.0329. The second kappa shape index (κ2) is 4.52. The Morgan fingerprint density at radius 1 is 1.42 bits per heavy atom. The number of rotatable bonds is 3. The Balaban J connectivity index is 4.01. The van der Waals surface area contributed by atoms with Gasteiger partial charge in [0.05, 0.1) is 6.10 Å². The maximum Gasteiger partial charge on any atom is 0.118 e. The fourth-order valence-corrected chi connectivity index (χ4v) is 0.704. The minimum atomic E-state index is -0.0285. The molecule has 1 heteroatoms. The lowest BCUT2D eigenvalue weighted by Crippen LogP contribution is -2.29. The van der Waals surface area contributed by atoms with Crippen LogP contribution in [0.4, 0.5) is 0 Å². The van der Waals surface area contributed by atoms with Crippen molar-refractivity contribution < 1.29 is 4.74 Å². The first-order chi connectivity index (χ1) is 5.41. The smallest absolute Gasteiger partial charge is 0.118 e. The lowest BCUT2D eigenvalue weighted by atomic mass is 9.90. The van der Waals surface area contributed by atoms with E-state index in [9.17, 15) is 0 Å². The Hall–Kier alpha value is -0.480. The van der Waals surface area contributed by atoms with Gasteiger partial charge >= 0.3 is 0 Å². The largest absolute Gasteiger partial charge is 0.362 e. The molecular weight excluding hydrogens is 148 g/mol. The van der Waals surface area contributed by atoms with Crippen LogP contribution in [0.15, 0.2) is 0 Å². The van der Waals surface area contributed by atoms with E-state index in [2.05, 4.69) is 33.6 Å². The quantitative estimate of drug-likeness (QED) is 0.589. The fourth-order valence-electron chi connectivity index (χ4n) is 0.704. The van der Waals surface area contributed by atoms with Crippen LogP contribution < -0.4 is 0 Å². The SMILES string of the molecule is C#CC(CC)OC(C)C(C)(C)C. The van der Waals surface area contributed by atoms with E-state index in [4.69, 9.17) is 11.2 Å². The first-order valence-electron chi connectivity index (χ1n) is 4.53. The second-order valence-corrected chi connectivity index (χ2v) is 4.21. The van der Waals surface area contributed by atoms with Gasteiger partial charge in [0, 0.05) is 0 Å². The topological polar surface area (TPSA) is 9.23 Å². The molecule has 0 aliphatic carbocycles. The summed E-state index contributed by atoms with van der Waals surface area (Å²) >= 11 is 0. The number of terminal acetylenes is 1. The molecule has 2 unspecified atom stereocenters. The molecule has 12 heavy (non-hydrogen) atoms. The highest BCUT2D eigenvalue weighted by Crippen LogP contribution is 2.23. The van der Waals surface area contributed by atoms with Crippen molar-refractivity contribution in [1.29, 1.82) is 0 Å². The molecule has 0 bridgehead atoms. The summed E-state index contributed by atoms with van der Waals surface area (Å²) in [6.07, 6.45) is 6.36. The van der Waals surface area contributed by atoms with Crippen LogP contribution in [-0.2, 0) is 4.74 Å². The van der Waals surface area contributed by atoms with Crippen molar-refractivity contribution in [3.8, 4) is 12.3 Å². The third kappa shape index (κ3) is 3.78. The van der Waals surface area contributed by atoms with E-state index in [0.29, 0.717) is 0 Å². The molecule has 0 aliphatic rings. The van der Waals surface area contributed by atoms with E-state index in [1.54, 1.807) is 0 Å². The normalized spacial score (nSPS) is 16.7. The molecule has 0 aromatic carbocycles. The summed E-state index contributed by atoms with van der Waals surface area (Å²) in [6, 6.07) is 0. The van der Waals surface area contributed by atoms with Crippen LogP contribution >= 0.6 is 0 Å². The number of hydrogen-bond acceptors (Lipinski definition) is 1. The molecule has 0 heterocycles. The fraction of sp³-hybridized carbons (Fsp3) is 0.818. The van der Waals surface area contributed by atoms with Gasteiger partial charge in [0.25, 0.3) is 0 Å². The first-order valence-corrected chi connectivity index (χ1v) is 4.53. The third-order valence-corrected chi connectivity index (χ3v) is 2.14. The van der Waals surface area contributed by atoms with E-state index in [-0.39, 0.29) is 17.6 Å². The summed E-state index contributed by atoms with van der Waals surface area (Å²) in [5, 5.41) is 0. The van der Waals surface area contributed by atoms with E-state index < -0.39 is 0 Å². The highest BCUT2D eigenvalue weighted by atomic mass is 16.5. The molecule has 0 saturated heterocycles. The lowest BCUT2D eigenvalue weighted by Gasteiger charge is -2.29. The predicted octanol–water partition coefficient (Wildman–Crippen LogP) is 2.85. The second-order valence-electron chi connectivity index (χ2n) is 4.21. The molecule has 0 N–H and O–H groups in total. The molecule has 0 saturated carbocycles. The van der Waals surface area contributed by atoms with Gasteiger partial charge in [0.15, 0.2) is 0 Å². The summed E-state index contributed by atoms with van der Waals surface area (Å²) in [4.78, 5) is 0. The van der Waals surface area contributed by atoms with Crippen molar-refractivity contribution in [2.75, 3.05) is 0 Å². The average Bonchev–Trinajstić information content (AvgIpc) is 1.97. The molecule has 0 amide bonds. The van der Waals surface area contributed by atoms with Crippen molar-refractivity contribution in [2.24, 2.45) is 5.41 Å². The molecule has 1 nitrogen and oxygen atoms in total. The molecule has 2 atom stereocenters. The van der Waals surface area contributed by atoms with Gasteiger partial charge in [-0.3, -0.25) is 0 Å². The van der Waals surface area contributed by atoms with Crippen molar-refractivity contribution in [1.82, 2.24) is 0 Å². The van der Waals surface area contributed by atoms with Gasteiger partial charge in [-0.05, 0) is 18.8 Å². The van der Waals surface area contributed by atoms with E-state index >= 15 is 0 Å². The first kappa shape index (κ1) is 11.5. The van der Waals surface area contributed by atoms with Crippen LogP contribution in [0.5, 0.6) is 0 Å². The predicted molar refractivity (Wildman–Crippen MR) is 52.9 cm³/mol. The highest BCUT2D eigenvalue weighted by Gasteiger charge is 2.22. The van der Waals surface area contributed by atoms with Gasteiger partial charge in [-0.15, -0.1) is 6.42 Å². The van der Waals surface area contributed by atoms with E-state index in [1.165, 1.54) is 0 Å².